The number of hydrogen-bond acceptors (Lipinski definition) is 4. The zero-order valence-corrected chi connectivity index (χ0v) is 15.0. The molecule has 0 saturated heterocycles. The molecule has 1 aliphatic heterocycles. The number of benzene rings is 3. The highest BCUT2D eigenvalue weighted by Crippen LogP contribution is 2.46. The topological polar surface area (TPSA) is 46.9 Å². The molecule has 4 rings (SSSR count). The Morgan fingerprint density at radius 2 is 1.68 bits per heavy atom. The summed E-state index contributed by atoms with van der Waals surface area (Å²) in [4.78, 5) is 3.60. The van der Waals surface area contributed by atoms with Gasteiger partial charge in [-0.05, 0) is 42.0 Å². The van der Waals surface area contributed by atoms with E-state index in [1.807, 2.05) is 35.2 Å². The summed E-state index contributed by atoms with van der Waals surface area (Å²) >= 11 is 0. The molecule has 0 aliphatic carbocycles. The summed E-state index contributed by atoms with van der Waals surface area (Å²) in [6.07, 6.45) is -1.22. The second kappa shape index (κ2) is 7.58. The van der Waals surface area contributed by atoms with E-state index in [0.29, 0.717) is 16.9 Å². The van der Waals surface area contributed by atoms with Gasteiger partial charge in [0.2, 0.25) is 0 Å². The van der Waals surface area contributed by atoms with Crippen LogP contribution in [-0.2, 0) is 0 Å². The number of hydrogen-bond donors (Lipinski definition) is 2. The van der Waals surface area contributed by atoms with E-state index >= 15 is 0 Å². The number of rotatable bonds is 5. The van der Waals surface area contributed by atoms with Crippen LogP contribution in [0, 0.1) is 11.6 Å². The van der Waals surface area contributed by atoms with Crippen LogP contribution < -0.4 is 9.80 Å². The fourth-order valence-electron chi connectivity index (χ4n) is 3.76. The largest absolute Gasteiger partial charge is 0.394 e. The highest BCUT2D eigenvalue weighted by molar-refractivity contribution is 5.83. The molecule has 144 valence electrons. The lowest BCUT2D eigenvalue weighted by molar-refractivity contribution is 0.0715. The van der Waals surface area contributed by atoms with Crippen LogP contribution in [0.25, 0.3) is 0 Å². The second-order valence-electron chi connectivity index (χ2n) is 6.73. The van der Waals surface area contributed by atoms with Crippen LogP contribution in [0.5, 0.6) is 0 Å². The Morgan fingerprint density at radius 3 is 2.39 bits per heavy atom. The fourth-order valence-corrected chi connectivity index (χ4v) is 3.76. The van der Waals surface area contributed by atoms with Crippen molar-refractivity contribution in [2.24, 2.45) is 0 Å². The first-order valence-electron chi connectivity index (χ1n) is 9.02. The first-order valence-corrected chi connectivity index (χ1v) is 9.02. The van der Waals surface area contributed by atoms with Crippen LogP contribution in [0.15, 0.2) is 72.8 Å². The maximum atomic E-state index is 14.9. The molecule has 0 spiro atoms. The van der Waals surface area contributed by atoms with Crippen molar-refractivity contribution < 1.29 is 19.0 Å². The van der Waals surface area contributed by atoms with E-state index in [0.717, 1.165) is 5.69 Å². The third-order valence-corrected chi connectivity index (χ3v) is 4.98. The smallest absolute Gasteiger partial charge is 0.148 e. The van der Waals surface area contributed by atoms with E-state index in [1.165, 1.54) is 24.3 Å². The fraction of sp³-hybridized carbons (Fsp3) is 0.182. The molecule has 0 saturated carbocycles. The summed E-state index contributed by atoms with van der Waals surface area (Å²) in [5.74, 6) is -0.900. The summed E-state index contributed by atoms with van der Waals surface area (Å²) in [5.41, 5.74) is 2.30. The maximum Gasteiger partial charge on any atom is 0.148 e. The quantitative estimate of drug-likeness (QED) is 0.701. The molecule has 0 amide bonds. The van der Waals surface area contributed by atoms with Crippen molar-refractivity contribution in [3.63, 3.8) is 0 Å². The first-order chi connectivity index (χ1) is 13.6. The molecule has 4 nitrogen and oxygen atoms in total. The Kier molecular flexibility index (Phi) is 4.98. The summed E-state index contributed by atoms with van der Waals surface area (Å²) in [7, 11) is 0. The van der Waals surface area contributed by atoms with Crippen molar-refractivity contribution in [3.8, 4) is 0 Å². The van der Waals surface area contributed by atoms with E-state index in [4.69, 9.17) is 0 Å². The van der Waals surface area contributed by atoms with Gasteiger partial charge in [0.25, 0.3) is 0 Å². The van der Waals surface area contributed by atoms with Crippen LogP contribution in [0.3, 0.4) is 0 Å². The average molecular weight is 382 g/mol. The Bertz CT molecular complexity index is 968. The molecule has 2 atom stereocenters. The number of aliphatic hydroxyl groups is 2. The molecule has 0 unspecified atom stereocenters. The minimum absolute atomic E-state index is 0.249. The molecule has 1 heterocycles. The SMILES string of the molecule is OC[C@@H](O)[C@H](c1cccc(F)c1)N1CN(c2ccccc2)c2cccc(F)c21. The first kappa shape index (κ1) is 18.4. The molecular weight excluding hydrogens is 362 g/mol. The lowest BCUT2D eigenvalue weighted by atomic mass is 9.99. The van der Waals surface area contributed by atoms with Gasteiger partial charge in [-0.2, -0.15) is 0 Å². The van der Waals surface area contributed by atoms with Crippen LogP contribution in [0.4, 0.5) is 25.8 Å². The van der Waals surface area contributed by atoms with Crippen molar-refractivity contribution in [3.05, 3.63) is 90.0 Å². The van der Waals surface area contributed by atoms with Gasteiger partial charge in [-0.3, -0.25) is 0 Å². The zero-order chi connectivity index (χ0) is 19.7. The molecule has 0 radical (unpaired) electrons. The number of fused-ring (bicyclic) bond motifs is 1. The zero-order valence-electron chi connectivity index (χ0n) is 15.0. The highest BCUT2D eigenvalue weighted by atomic mass is 19.1. The molecule has 0 aromatic heterocycles. The van der Waals surface area contributed by atoms with Gasteiger partial charge in [0, 0.05) is 5.69 Å². The lowest BCUT2D eigenvalue weighted by Gasteiger charge is -2.33. The van der Waals surface area contributed by atoms with Crippen molar-refractivity contribution in [1.29, 1.82) is 0 Å². The van der Waals surface area contributed by atoms with Crippen molar-refractivity contribution in [2.45, 2.75) is 12.1 Å². The third kappa shape index (κ3) is 3.21. The molecule has 3 aromatic carbocycles. The summed E-state index contributed by atoms with van der Waals surface area (Å²) in [5, 5.41) is 20.2. The Morgan fingerprint density at radius 1 is 0.929 bits per heavy atom. The number of nitrogens with zero attached hydrogens (tertiary/aromatic N) is 2. The summed E-state index contributed by atoms with van der Waals surface area (Å²) in [6.45, 7) is -0.286. The molecule has 3 aromatic rings. The summed E-state index contributed by atoms with van der Waals surface area (Å²) < 4.78 is 28.7. The third-order valence-electron chi connectivity index (χ3n) is 4.98. The van der Waals surface area contributed by atoms with Gasteiger partial charge < -0.3 is 20.0 Å². The number of aliphatic hydroxyl groups excluding tert-OH is 2. The van der Waals surface area contributed by atoms with Gasteiger partial charge in [0.05, 0.1) is 30.7 Å². The predicted octanol–water partition coefficient (Wildman–Crippen LogP) is 3.97. The maximum absolute atomic E-state index is 14.9. The van der Waals surface area contributed by atoms with E-state index in [1.54, 1.807) is 23.1 Å². The standard InChI is InChI=1S/C22H20F2N2O2/c23-16-7-4-6-15(12-16)21(20(28)13-27)26-14-25(17-8-2-1-3-9-17)19-11-5-10-18(24)22(19)26/h1-12,20-21,27-28H,13-14H2/t20-,21+/m1/s1. The minimum Gasteiger partial charge on any atom is -0.394 e. The molecule has 28 heavy (non-hydrogen) atoms. The van der Waals surface area contributed by atoms with Gasteiger partial charge in [0.1, 0.15) is 17.7 Å². The van der Waals surface area contributed by atoms with Gasteiger partial charge >= 0.3 is 0 Å². The molecule has 2 N–H and O–H groups in total. The van der Waals surface area contributed by atoms with Crippen LogP contribution in [0.2, 0.25) is 0 Å². The van der Waals surface area contributed by atoms with Gasteiger partial charge in [-0.15, -0.1) is 0 Å². The summed E-state index contributed by atoms with van der Waals surface area (Å²) in [6, 6.07) is 19.3. The molecule has 1 aliphatic rings. The van der Waals surface area contributed by atoms with Crippen molar-refractivity contribution >= 4 is 17.1 Å². The van der Waals surface area contributed by atoms with Gasteiger partial charge in [-0.25, -0.2) is 8.78 Å². The monoisotopic (exact) mass is 382 g/mol. The predicted molar refractivity (Wildman–Crippen MR) is 105 cm³/mol. The van der Waals surface area contributed by atoms with Crippen LogP contribution in [0.1, 0.15) is 11.6 Å². The molecule has 0 bridgehead atoms. The average Bonchev–Trinajstić information content (AvgIpc) is 3.09. The Hall–Kier alpha value is -2.96. The Labute approximate surface area is 161 Å². The van der Waals surface area contributed by atoms with Gasteiger partial charge in [0.15, 0.2) is 0 Å². The number of anilines is 3. The van der Waals surface area contributed by atoms with E-state index in [2.05, 4.69) is 0 Å². The molecule has 0 fully saturated rings. The molecule has 6 heteroatoms. The number of para-hydroxylation sites is 2. The molecular formula is C22H20F2N2O2. The normalized spacial score (nSPS) is 15.4. The second-order valence-corrected chi connectivity index (χ2v) is 6.73. The van der Waals surface area contributed by atoms with Crippen molar-refractivity contribution in [2.75, 3.05) is 23.1 Å². The Balaban J connectivity index is 1.84. The van der Waals surface area contributed by atoms with Crippen LogP contribution >= 0.6 is 0 Å². The minimum atomic E-state index is -1.22. The van der Waals surface area contributed by atoms with E-state index in [-0.39, 0.29) is 6.67 Å². The highest BCUT2D eigenvalue weighted by Gasteiger charge is 2.37. The van der Waals surface area contributed by atoms with E-state index < -0.39 is 30.4 Å². The number of halogens is 2. The van der Waals surface area contributed by atoms with Crippen molar-refractivity contribution in [1.82, 2.24) is 0 Å². The lowest BCUT2D eigenvalue weighted by Crippen LogP contribution is -2.40. The van der Waals surface area contributed by atoms with Crippen LogP contribution in [-0.4, -0.2) is 29.6 Å². The van der Waals surface area contributed by atoms with Gasteiger partial charge in [-0.1, -0.05) is 36.4 Å². The van der Waals surface area contributed by atoms with E-state index in [9.17, 15) is 19.0 Å².